The van der Waals surface area contributed by atoms with Crippen LogP contribution < -0.4 is 0 Å². The first-order valence-corrected chi connectivity index (χ1v) is 4.47. The summed E-state index contributed by atoms with van der Waals surface area (Å²) in [6.45, 7) is 0. The summed E-state index contributed by atoms with van der Waals surface area (Å²) in [5, 5.41) is 0. The molecule has 3 saturated carbocycles. The van der Waals surface area contributed by atoms with Crippen LogP contribution in [0.1, 0.15) is 32.1 Å². The maximum atomic E-state index is 1.60. The van der Waals surface area contributed by atoms with E-state index in [1.165, 1.54) is 23.7 Å². The van der Waals surface area contributed by atoms with Crippen molar-refractivity contribution in [2.45, 2.75) is 32.1 Å². The van der Waals surface area contributed by atoms with Crippen molar-refractivity contribution in [3.05, 3.63) is 0 Å². The van der Waals surface area contributed by atoms with Gasteiger partial charge in [0.25, 0.3) is 0 Å². The van der Waals surface area contributed by atoms with Crippen LogP contribution >= 0.6 is 0 Å². The minimum Gasteiger partial charge on any atom is -0.0527 e. The summed E-state index contributed by atoms with van der Waals surface area (Å²) >= 11 is 0. The van der Waals surface area contributed by atoms with E-state index in [1.54, 1.807) is 32.1 Å². The lowest BCUT2D eigenvalue weighted by Crippen LogP contribution is -2.07. The lowest BCUT2D eigenvalue weighted by molar-refractivity contribution is 0.325. The molecule has 0 aromatic rings. The fourth-order valence-corrected chi connectivity index (χ4v) is 3.54. The van der Waals surface area contributed by atoms with Crippen molar-refractivity contribution in [2.24, 2.45) is 23.7 Å². The Balaban J connectivity index is 1.90. The molecule has 9 heavy (non-hydrogen) atoms. The highest BCUT2D eigenvalue weighted by molar-refractivity contribution is 5.07. The van der Waals surface area contributed by atoms with Gasteiger partial charge < -0.3 is 0 Å². The minimum atomic E-state index is 1.20. The molecule has 50 valence electrons. The summed E-state index contributed by atoms with van der Waals surface area (Å²) in [7, 11) is 0. The van der Waals surface area contributed by atoms with Crippen molar-refractivity contribution in [1.82, 2.24) is 0 Å². The first-order valence-electron chi connectivity index (χ1n) is 4.47. The van der Waals surface area contributed by atoms with Gasteiger partial charge in [0.2, 0.25) is 0 Å². The van der Waals surface area contributed by atoms with Crippen LogP contribution in [0, 0.1) is 23.7 Å². The molecule has 0 heterocycles. The van der Waals surface area contributed by atoms with Gasteiger partial charge in [-0.1, -0.05) is 12.8 Å². The van der Waals surface area contributed by atoms with Crippen LogP contribution in [0.5, 0.6) is 0 Å². The SMILES string of the molecule is C1C[C@@H]2CCC3[C@@H]2[C@H]3C1. The van der Waals surface area contributed by atoms with E-state index >= 15 is 0 Å². The van der Waals surface area contributed by atoms with Gasteiger partial charge in [0, 0.05) is 0 Å². The summed E-state index contributed by atoms with van der Waals surface area (Å²) in [6.07, 6.45) is 7.91. The molecule has 0 aliphatic heterocycles. The molecular formula is C9H14. The Morgan fingerprint density at radius 1 is 0.778 bits per heavy atom. The Hall–Kier alpha value is 0. The molecule has 0 saturated heterocycles. The third-order valence-electron chi connectivity index (χ3n) is 3.93. The Bertz CT molecular complexity index is 131. The van der Waals surface area contributed by atoms with Gasteiger partial charge in [-0.05, 0) is 42.9 Å². The van der Waals surface area contributed by atoms with Crippen LogP contribution in [-0.4, -0.2) is 0 Å². The predicted octanol–water partition coefficient (Wildman–Crippen LogP) is 2.44. The molecule has 0 spiro atoms. The van der Waals surface area contributed by atoms with E-state index in [4.69, 9.17) is 0 Å². The average Bonchev–Trinajstić information content (AvgIpc) is 2.35. The molecule has 0 amide bonds. The molecule has 0 N–H and O–H groups in total. The first-order chi connectivity index (χ1) is 4.47. The van der Waals surface area contributed by atoms with Gasteiger partial charge in [-0.25, -0.2) is 0 Å². The van der Waals surface area contributed by atoms with E-state index < -0.39 is 0 Å². The average molecular weight is 122 g/mol. The second-order valence-corrected chi connectivity index (χ2v) is 4.17. The van der Waals surface area contributed by atoms with Crippen LogP contribution in [0.2, 0.25) is 0 Å². The van der Waals surface area contributed by atoms with Crippen molar-refractivity contribution < 1.29 is 0 Å². The maximum absolute atomic E-state index is 1.60. The highest BCUT2D eigenvalue weighted by Crippen LogP contribution is 2.65. The summed E-state index contributed by atoms with van der Waals surface area (Å²) < 4.78 is 0. The normalized spacial score (nSPS) is 61.3. The van der Waals surface area contributed by atoms with E-state index in [-0.39, 0.29) is 0 Å². The molecule has 4 atom stereocenters. The van der Waals surface area contributed by atoms with Gasteiger partial charge >= 0.3 is 0 Å². The van der Waals surface area contributed by atoms with Gasteiger partial charge in [0.15, 0.2) is 0 Å². The second kappa shape index (κ2) is 1.36. The summed E-state index contributed by atoms with van der Waals surface area (Å²) in [5.41, 5.74) is 0. The monoisotopic (exact) mass is 122 g/mol. The minimum absolute atomic E-state index is 1.20. The zero-order valence-corrected chi connectivity index (χ0v) is 5.84. The molecule has 0 radical (unpaired) electrons. The number of fused-ring (bicyclic) bond motifs is 1. The lowest BCUT2D eigenvalue weighted by Gasteiger charge is -2.18. The molecule has 3 aliphatic rings. The van der Waals surface area contributed by atoms with Crippen molar-refractivity contribution in [3.8, 4) is 0 Å². The Morgan fingerprint density at radius 2 is 1.67 bits per heavy atom. The largest absolute Gasteiger partial charge is 0.0527 e. The van der Waals surface area contributed by atoms with Crippen molar-refractivity contribution in [3.63, 3.8) is 0 Å². The van der Waals surface area contributed by atoms with Crippen LogP contribution in [-0.2, 0) is 0 Å². The molecule has 3 aliphatic carbocycles. The number of hydrogen-bond donors (Lipinski definition) is 0. The van der Waals surface area contributed by atoms with Gasteiger partial charge in [-0.3, -0.25) is 0 Å². The van der Waals surface area contributed by atoms with Gasteiger partial charge in [-0.15, -0.1) is 0 Å². The standard InChI is InChI=1S/C9H14/c1-2-6-4-5-8-7(3-1)9(6)8/h6-9H,1-5H2/t6-,7+,8?,9+/m1/s1. The highest BCUT2D eigenvalue weighted by atomic mass is 14.6. The van der Waals surface area contributed by atoms with Gasteiger partial charge in [-0.2, -0.15) is 0 Å². The quantitative estimate of drug-likeness (QED) is 0.463. The molecular weight excluding hydrogens is 108 g/mol. The van der Waals surface area contributed by atoms with Crippen molar-refractivity contribution in [2.75, 3.05) is 0 Å². The summed E-state index contributed by atoms with van der Waals surface area (Å²) in [4.78, 5) is 0. The fraction of sp³-hybridized carbons (Fsp3) is 1.00. The molecule has 1 unspecified atom stereocenters. The third-order valence-corrected chi connectivity index (χ3v) is 3.93. The molecule has 0 aromatic heterocycles. The molecule has 0 aromatic carbocycles. The topological polar surface area (TPSA) is 0 Å². The van der Waals surface area contributed by atoms with E-state index in [0.29, 0.717) is 0 Å². The zero-order valence-electron chi connectivity index (χ0n) is 5.84. The molecule has 0 heteroatoms. The second-order valence-electron chi connectivity index (χ2n) is 4.17. The van der Waals surface area contributed by atoms with Crippen LogP contribution in [0.25, 0.3) is 0 Å². The summed E-state index contributed by atoms with van der Waals surface area (Å²) in [6, 6.07) is 0. The van der Waals surface area contributed by atoms with E-state index in [9.17, 15) is 0 Å². The first kappa shape index (κ1) is 4.76. The highest BCUT2D eigenvalue weighted by Gasteiger charge is 2.58. The Morgan fingerprint density at radius 3 is 2.44 bits per heavy atom. The van der Waals surface area contributed by atoms with Gasteiger partial charge in [0.1, 0.15) is 0 Å². The molecule has 0 bridgehead atoms. The molecule has 0 nitrogen and oxygen atoms in total. The summed E-state index contributed by atoms with van der Waals surface area (Å²) in [5.74, 6) is 4.92. The molecule has 3 fully saturated rings. The smallest absolute Gasteiger partial charge is 0.0323 e. The Kier molecular flexibility index (Phi) is 0.717. The van der Waals surface area contributed by atoms with Crippen molar-refractivity contribution >= 4 is 0 Å². The van der Waals surface area contributed by atoms with E-state index in [2.05, 4.69) is 0 Å². The predicted molar refractivity (Wildman–Crippen MR) is 37.0 cm³/mol. The van der Waals surface area contributed by atoms with Crippen molar-refractivity contribution in [1.29, 1.82) is 0 Å². The lowest BCUT2D eigenvalue weighted by atomic mass is 9.87. The van der Waals surface area contributed by atoms with Crippen LogP contribution in [0.4, 0.5) is 0 Å². The molecule has 3 rings (SSSR count). The van der Waals surface area contributed by atoms with Crippen LogP contribution in [0.15, 0.2) is 0 Å². The third kappa shape index (κ3) is 0.461. The zero-order chi connectivity index (χ0) is 5.84. The maximum Gasteiger partial charge on any atom is -0.0323 e. The number of hydrogen-bond acceptors (Lipinski definition) is 0. The van der Waals surface area contributed by atoms with E-state index in [1.807, 2.05) is 0 Å². The number of rotatable bonds is 0. The van der Waals surface area contributed by atoms with E-state index in [0.717, 1.165) is 0 Å². The Labute approximate surface area is 56.6 Å². The van der Waals surface area contributed by atoms with Crippen LogP contribution in [0.3, 0.4) is 0 Å². The fourth-order valence-electron chi connectivity index (χ4n) is 3.54. The van der Waals surface area contributed by atoms with Gasteiger partial charge in [0.05, 0.1) is 0 Å².